The van der Waals surface area contributed by atoms with E-state index in [1.165, 1.54) is 0 Å². The zero-order valence-corrected chi connectivity index (χ0v) is 15.1. The standard InChI is InChI=1S/C18H17Cl2N3O2/c1-12(9-17(24)21-16-4-2-3-15(20)11-16)22-23-18(25)10-13-5-7-14(19)8-6-13/h2-8,11H,9-10H2,1H3,(H,21,24)(H,23,25)/b22-12-. The minimum Gasteiger partial charge on any atom is -0.326 e. The molecule has 2 rings (SSSR count). The molecule has 0 unspecified atom stereocenters. The van der Waals surface area contributed by atoms with Crippen molar-refractivity contribution in [3.8, 4) is 0 Å². The molecule has 0 fully saturated rings. The Morgan fingerprint density at radius 3 is 2.40 bits per heavy atom. The maximum absolute atomic E-state index is 11.9. The molecule has 2 aromatic carbocycles. The van der Waals surface area contributed by atoms with Gasteiger partial charge >= 0.3 is 0 Å². The number of nitrogens with zero attached hydrogens (tertiary/aromatic N) is 1. The molecule has 0 aliphatic rings. The van der Waals surface area contributed by atoms with E-state index >= 15 is 0 Å². The first-order valence-electron chi connectivity index (χ1n) is 7.54. The van der Waals surface area contributed by atoms with Crippen LogP contribution in [0, 0.1) is 0 Å². The second-order valence-corrected chi connectivity index (χ2v) is 6.29. The van der Waals surface area contributed by atoms with Gasteiger partial charge in [0.1, 0.15) is 0 Å². The SMILES string of the molecule is C/C(CC(=O)Nc1cccc(Cl)c1)=N/NC(=O)Cc1ccc(Cl)cc1. The van der Waals surface area contributed by atoms with Crippen molar-refractivity contribution in [2.75, 3.05) is 5.32 Å². The van der Waals surface area contributed by atoms with Gasteiger partial charge in [0.25, 0.3) is 0 Å². The minimum absolute atomic E-state index is 0.0632. The van der Waals surface area contributed by atoms with E-state index in [1.54, 1.807) is 55.5 Å². The number of anilines is 1. The Morgan fingerprint density at radius 1 is 1.00 bits per heavy atom. The van der Waals surface area contributed by atoms with E-state index in [-0.39, 0.29) is 24.7 Å². The summed E-state index contributed by atoms with van der Waals surface area (Å²) < 4.78 is 0. The Kier molecular flexibility index (Phi) is 6.98. The molecule has 2 amide bonds. The smallest absolute Gasteiger partial charge is 0.244 e. The predicted molar refractivity (Wildman–Crippen MR) is 101 cm³/mol. The highest BCUT2D eigenvalue weighted by Gasteiger charge is 2.07. The van der Waals surface area contributed by atoms with Crippen molar-refractivity contribution in [2.45, 2.75) is 19.8 Å². The van der Waals surface area contributed by atoms with E-state index in [0.717, 1.165) is 5.56 Å². The maximum atomic E-state index is 11.9. The highest BCUT2D eigenvalue weighted by atomic mass is 35.5. The molecule has 0 aromatic heterocycles. The summed E-state index contributed by atoms with van der Waals surface area (Å²) in [5, 5.41) is 7.81. The average Bonchev–Trinajstić information content (AvgIpc) is 2.55. The van der Waals surface area contributed by atoms with Gasteiger partial charge in [-0.3, -0.25) is 9.59 Å². The van der Waals surface area contributed by atoms with Gasteiger partial charge in [0.15, 0.2) is 0 Å². The third-order valence-electron chi connectivity index (χ3n) is 3.17. The van der Waals surface area contributed by atoms with Crippen LogP contribution < -0.4 is 10.7 Å². The molecule has 0 saturated carbocycles. The van der Waals surface area contributed by atoms with Crippen LogP contribution >= 0.6 is 23.2 Å². The van der Waals surface area contributed by atoms with Gasteiger partial charge < -0.3 is 5.32 Å². The number of hydrogen-bond acceptors (Lipinski definition) is 3. The van der Waals surface area contributed by atoms with Gasteiger partial charge in [0.2, 0.25) is 11.8 Å². The first kappa shape index (κ1) is 19.0. The van der Waals surface area contributed by atoms with E-state index in [4.69, 9.17) is 23.2 Å². The summed E-state index contributed by atoms with van der Waals surface area (Å²) in [6.45, 7) is 1.67. The zero-order chi connectivity index (χ0) is 18.2. The summed E-state index contributed by atoms with van der Waals surface area (Å²) in [6, 6.07) is 13.9. The molecule has 0 aliphatic heterocycles. The van der Waals surface area contributed by atoms with E-state index in [9.17, 15) is 9.59 Å². The first-order valence-corrected chi connectivity index (χ1v) is 8.30. The number of halogens is 2. The summed E-state index contributed by atoms with van der Waals surface area (Å²) in [4.78, 5) is 23.8. The Balaban J connectivity index is 1.81. The van der Waals surface area contributed by atoms with Crippen LogP contribution in [0.25, 0.3) is 0 Å². The molecular formula is C18H17Cl2N3O2. The van der Waals surface area contributed by atoms with Crippen LogP contribution in [-0.4, -0.2) is 17.5 Å². The van der Waals surface area contributed by atoms with Gasteiger partial charge in [-0.25, -0.2) is 5.43 Å². The van der Waals surface area contributed by atoms with Gasteiger partial charge in [-0.2, -0.15) is 5.10 Å². The molecule has 2 N–H and O–H groups in total. The third kappa shape index (κ3) is 6.95. The fraction of sp³-hybridized carbons (Fsp3) is 0.167. The van der Waals surface area contributed by atoms with Crippen molar-refractivity contribution in [1.82, 2.24) is 5.43 Å². The molecule has 0 spiro atoms. The number of carbonyl (C=O) groups is 2. The molecule has 0 heterocycles. The van der Waals surface area contributed by atoms with Crippen molar-refractivity contribution >= 4 is 46.4 Å². The van der Waals surface area contributed by atoms with Gasteiger partial charge in [-0.05, 0) is 42.8 Å². The molecule has 5 nitrogen and oxygen atoms in total. The zero-order valence-electron chi connectivity index (χ0n) is 13.6. The normalized spacial score (nSPS) is 11.1. The van der Waals surface area contributed by atoms with Gasteiger partial charge in [0.05, 0.1) is 12.8 Å². The summed E-state index contributed by atoms with van der Waals surface area (Å²) in [5.41, 5.74) is 4.36. The van der Waals surface area contributed by atoms with Gasteiger partial charge in [-0.15, -0.1) is 0 Å². The summed E-state index contributed by atoms with van der Waals surface area (Å²) in [6.07, 6.45) is 0.246. The Morgan fingerprint density at radius 2 is 1.72 bits per heavy atom. The number of carbonyl (C=O) groups excluding carboxylic acids is 2. The summed E-state index contributed by atoms with van der Waals surface area (Å²) in [5.74, 6) is -0.507. The van der Waals surface area contributed by atoms with Crippen molar-refractivity contribution in [1.29, 1.82) is 0 Å². The van der Waals surface area contributed by atoms with Crippen molar-refractivity contribution in [2.24, 2.45) is 5.10 Å². The fourth-order valence-corrected chi connectivity index (χ4v) is 2.34. The van der Waals surface area contributed by atoms with Crippen LogP contribution in [0.1, 0.15) is 18.9 Å². The number of hydrazone groups is 1. The molecule has 0 atom stereocenters. The van der Waals surface area contributed by atoms with E-state index in [1.807, 2.05) is 0 Å². The molecule has 0 radical (unpaired) electrons. The largest absolute Gasteiger partial charge is 0.326 e. The lowest BCUT2D eigenvalue weighted by atomic mass is 10.1. The molecule has 130 valence electrons. The number of amides is 2. The lowest BCUT2D eigenvalue weighted by Gasteiger charge is -2.06. The highest BCUT2D eigenvalue weighted by molar-refractivity contribution is 6.31. The quantitative estimate of drug-likeness (QED) is 0.588. The monoisotopic (exact) mass is 377 g/mol. The topological polar surface area (TPSA) is 70.6 Å². The molecule has 0 bridgehead atoms. The lowest BCUT2D eigenvalue weighted by molar-refractivity contribution is -0.120. The van der Waals surface area contributed by atoms with Crippen LogP contribution in [0.4, 0.5) is 5.69 Å². The Labute approximate surface area is 156 Å². The second kappa shape index (κ2) is 9.20. The highest BCUT2D eigenvalue weighted by Crippen LogP contribution is 2.15. The summed E-state index contributed by atoms with van der Waals surface area (Å²) in [7, 11) is 0. The Hall–Kier alpha value is -2.37. The van der Waals surface area contributed by atoms with Crippen molar-refractivity contribution in [3.63, 3.8) is 0 Å². The maximum Gasteiger partial charge on any atom is 0.244 e. The van der Waals surface area contributed by atoms with Crippen LogP contribution in [-0.2, 0) is 16.0 Å². The Bertz CT molecular complexity index is 789. The van der Waals surface area contributed by atoms with Crippen LogP contribution in [0.3, 0.4) is 0 Å². The molecule has 0 saturated heterocycles. The van der Waals surface area contributed by atoms with E-state index in [2.05, 4.69) is 15.8 Å². The van der Waals surface area contributed by atoms with Crippen LogP contribution in [0.2, 0.25) is 10.0 Å². The number of nitrogens with one attached hydrogen (secondary N) is 2. The van der Waals surface area contributed by atoms with Crippen LogP contribution in [0.5, 0.6) is 0 Å². The van der Waals surface area contributed by atoms with Gasteiger partial charge in [0, 0.05) is 21.4 Å². The number of hydrogen-bond donors (Lipinski definition) is 2. The number of rotatable bonds is 6. The van der Waals surface area contributed by atoms with Crippen molar-refractivity contribution in [3.05, 3.63) is 64.1 Å². The third-order valence-corrected chi connectivity index (χ3v) is 3.66. The van der Waals surface area contributed by atoms with Crippen LogP contribution in [0.15, 0.2) is 53.6 Å². The van der Waals surface area contributed by atoms with Gasteiger partial charge in [-0.1, -0.05) is 41.4 Å². The minimum atomic E-state index is -0.267. The first-order chi connectivity index (χ1) is 11.9. The fourth-order valence-electron chi connectivity index (χ4n) is 2.03. The molecule has 7 heteroatoms. The average molecular weight is 378 g/mol. The van der Waals surface area contributed by atoms with Crippen molar-refractivity contribution < 1.29 is 9.59 Å². The molecule has 2 aromatic rings. The molecule has 0 aliphatic carbocycles. The molecule has 25 heavy (non-hydrogen) atoms. The lowest BCUT2D eigenvalue weighted by Crippen LogP contribution is -2.22. The molecular weight excluding hydrogens is 361 g/mol. The second-order valence-electron chi connectivity index (χ2n) is 5.42. The summed E-state index contributed by atoms with van der Waals surface area (Å²) >= 11 is 11.7. The number of benzene rings is 2. The van der Waals surface area contributed by atoms with E-state index < -0.39 is 0 Å². The van der Waals surface area contributed by atoms with E-state index in [0.29, 0.717) is 21.4 Å². The predicted octanol–water partition coefficient (Wildman–Crippen LogP) is 4.06.